The summed E-state index contributed by atoms with van der Waals surface area (Å²) >= 11 is 0. The van der Waals surface area contributed by atoms with Gasteiger partial charge in [-0.15, -0.1) is 0 Å². The van der Waals surface area contributed by atoms with Crippen molar-refractivity contribution in [2.45, 2.75) is 4.90 Å². The van der Waals surface area contributed by atoms with Gasteiger partial charge in [0.2, 0.25) is 0 Å². The molecule has 2 rings (SSSR count). The van der Waals surface area contributed by atoms with Crippen LogP contribution in [0.3, 0.4) is 0 Å². The smallest absolute Gasteiger partial charge is 0.341 e. The van der Waals surface area contributed by atoms with E-state index in [9.17, 15) is 13.2 Å². The van der Waals surface area contributed by atoms with Gasteiger partial charge in [-0.3, -0.25) is 4.98 Å². The summed E-state index contributed by atoms with van der Waals surface area (Å²) in [5.41, 5.74) is 0.241. The van der Waals surface area contributed by atoms with Crippen LogP contribution in [0.25, 0.3) is 10.9 Å². The molecule has 6 nitrogen and oxygen atoms in total. The van der Waals surface area contributed by atoms with E-state index in [1.54, 1.807) is 6.07 Å². The van der Waals surface area contributed by atoms with Crippen LogP contribution in [0, 0.1) is 0 Å². The number of aromatic nitrogens is 1. The number of rotatable bonds is 4. The zero-order valence-electron chi connectivity index (χ0n) is 9.41. The van der Waals surface area contributed by atoms with Gasteiger partial charge >= 0.3 is 5.97 Å². The van der Waals surface area contributed by atoms with Gasteiger partial charge in [-0.25, -0.2) is 13.2 Å². The summed E-state index contributed by atoms with van der Waals surface area (Å²) in [6.07, 6.45) is 1.45. The predicted octanol–water partition coefficient (Wildman–Crippen LogP) is 1.63. The number of hydrogen-bond donors (Lipinski definition) is 1. The van der Waals surface area contributed by atoms with Gasteiger partial charge in [0.15, 0.2) is 6.61 Å². The molecule has 0 aliphatic carbocycles. The molecule has 0 fully saturated rings. The SMILES string of the molecule is O=C(O)COc1ccc(S(=O)(=O)Cl)c2cccnc12. The number of carboxylic acid groups (broad SMARTS) is 1. The fourth-order valence-electron chi connectivity index (χ4n) is 1.59. The molecule has 0 radical (unpaired) electrons. The molecular formula is C11H8ClNO5S. The Bertz CT molecular complexity index is 744. The number of ether oxygens (including phenoxy) is 1. The quantitative estimate of drug-likeness (QED) is 0.863. The third kappa shape index (κ3) is 2.94. The molecule has 1 aromatic heterocycles. The Balaban J connectivity index is 2.62. The maximum absolute atomic E-state index is 11.4. The van der Waals surface area contributed by atoms with Crippen molar-refractivity contribution in [3.63, 3.8) is 0 Å². The number of carbonyl (C=O) groups is 1. The van der Waals surface area contributed by atoms with E-state index >= 15 is 0 Å². The van der Waals surface area contributed by atoms with Crippen molar-refractivity contribution >= 4 is 36.6 Å². The molecule has 0 atom stereocenters. The zero-order chi connectivity index (χ0) is 14.0. The summed E-state index contributed by atoms with van der Waals surface area (Å²) in [4.78, 5) is 14.4. The zero-order valence-corrected chi connectivity index (χ0v) is 11.0. The van der Waals surface area contributed by atoms with Crippen LogP contribution in [0.4, 0.5) is 0 Å². The molecule has 0 saturated carbocycles. The summed E-state index contributed by atoms with van der Waals surface area (Å²) in [5, 5.41) is 8.85. The molecule has 100 valence electrons. The largest absolute Gasteiger partial charge is 0.480 e. The molecule has 0 aliphatic heterocycles. The van der Waals surface area contributed by atoms with Crippen molar-refractivity contribution < 1.29 is 23.1 Å². The molecule has 0 bridgehead atoms. The van der Waals surface area contributed by atoms with Gasteiger partial charge in [-0.05, 0) is 24.3 Å². The Morgan fingerprint density at radius 3 is 2.74 bits per heavy atom. The minimum Gasteiger partial charge on any atom is -0.480 e. The monoisotopic (exact) mass is 301 g/mol. The lowest BCUT2D eigenvalue weighted by molar-refractivity contribution is -0.139. The highest BCUT2D eigenvalue weighted by molar-refractivity contribution is 8.14. The van der Waals surface area contributed by atoms with Gasteiger partial charge in [0.25, 0.3) is 9.05 Å². The van der Waals surface area contributed by atoms with Crippen LogP contribution in [0.15, 0.2) is 35.4 Å². The van der Waals surface area contributed by atoms with E-state index in [1.807, 2.05) is 0 Å². The van der Waals surface area contributed by atoms with E-state index in [2.05, 4.69) is 4.98 Å². The Kier molecular flexibility index (Phi) is 3.59. The molecule has 8 heteroatoms. The van der Waals surface area contributed by atoms with Gasteiger partial charge < -0.3 is 9.84 Å². The summed E-state index contributed by atoms with van der Waals surface area (Å²) in [5.74, 6) is -0.958. The van der Waals surface area contributed by atoms with E-state index in [0.29, 0.717) is 0 Å². The van der Waals surface area contributed by atoms with Gasteiger partial charge in [-0.1, -0.05) is 0 Å². The fraction of sp³-hybridized carbons (Fsp3) is 0.0909. The van der Waals surface area contributed by atoms with E-state index in [1.165, 1.54) is 24.4 Å². The number of halogens is 1. The second kappa shape index (κ2) is 5.02. The fourth-order valence-corrected chi connectivity index (χ4v) is 2.65. The van der Waals surface area contributed by atoms with Crippen LogP contribution in [0.5, 0.6) is 5.75 Å². The number of hydrogen-bond acceptors (Lipinski definition) is 5. The second-order valence-corrected chi connectivity index (χ2v) is 6.12. The van der Waals surface area contributed by atoms with E-state index < -0.39 is 21.6 Å². The van der Waals surface area contributed by atoms with Crippen molar-refractivity contribution in [2.75, 3.05) is 6.61 Å². The summed E-state index contributed by atoms with van der Waals surface area (Å²) < 4.78 is 27.9. The first-order valence-corrected chi connectivity index (χ1v) is 7.37. The van der Waals surface area contributed by atoms with Crippen LogP contribution < -0.4 is 4.74 Å². The molecule has 1 N–H and O–H groups in total. The van der Waals surface area contributed by atoms with Gasteiger partial charge in [-0.2, -0.15) is 0 Å². The molecule has 0 spiro atoms. The number of aliphatic carboxylic acids is 1. The summed E-state index contributed by atoms with van der Waals surface area (Å²) in [7, 11) is 1.41. The van der Waals surface area contributed by atoms with Crippen molar-refractivity contribution in [1.82, 2.24) is 4.98 Å². The number of nitrogens with zero attached hydrogens (tertiary/aromatic N) is 1. The highest BCUT2D eigenvalue weighted by atomic mass is 35.7. The standard InChI is InChI=1S/C11H8ClNO5S/c12-19(16,17)9-4-3-8(18-6-10(14)15)11-7(9)2-1-5-13-11/h1-5H,6H2,(H,14,15). The maximum atomic E-state index is 11.4. The molecule has 1 heterocycles. The third-order valence-corrected chi connectivity index (χ3v) is 3.69. The average Bonchev–Trinajstić information content (AvgIpc) is 2.34. The van der Waals surface area contributed by atoms with Gasteiger partial charge in [0.05, 0.1) is 4.90 Å². The highest BCUT2D eigenvalue weighted by Gasteiger charge is 2.17. The molecule has 1 aromatic carbocycles. The first-order chi connectivity index (χ1) is 8.89. The second-order valence-electron chi connectivity index (χ2n) is 3.58. The Morgan fingerprint density at radius 1 is 1.37 bits per heavy atom. The van der Waals surface area contributed by atoms with Crippen LogP contribution in [0.1, 0.15) is 0 Å². The maximum Gasteiger partial charge on any atom is 0.341 e. The van der Waals surface area contributed by atoms with Crippen molar-refractivity contribution in [3.8, 4) is 5.75 Å². The average molecular weight is 302 g/mol. The normalized spacial score (nSPS) is 11.4. The number of carboxylic acids is 1. The van der Waals surface area contributed by atoms with Crippen LogP contribution in [-0.2, 0) is 13.8 Å². The molecule has 0 aliphatic rings. The lowest BCUT2D eigenvalue weighted by Crippen LogP contribution is -2.10. The van der Waals surface area contributed by atoms with Crippen LogP contribution in [-0.4, -0.2) is 31.1 Å². The van der Waals surface area contributed by atoms with Crippen LogP contribution >= 0.6 is 10.7 Å². The van der Waals surface area contributed by atoms with Crippen molar-refractivity contribution in [3.05, 3.63) is 30.5 Å². The molecular weight excluding hydrogens is 294 g/mol. The minimum absolute atomic E-state index is 0.0973. The predicted molar refractivity (Wildman–Crippen MR) is 67.9 cm³/mol. The molecule has 19 heavy (non-hydrogen) atoms. The number of fused-ring (bicyclic) bond motifs is 1. The number of pyridine rings is 1. The molecule has 2 aromatic rings. The Morgan fingerprint density at radius 2 is 2.11 bits per heavy atom. The molecule has 0 amide bonds. The minimum atomic E-state index is -3.92. The molecule has 0 saturated heterocycles. The Labute approximate surface area is 113 Å². The van der Waals surface area contributed by atoms with E-state index in [0.717, 1.165) is 0 Å². The summed E-state index contributed by atoms with van der Waals surface area (Å²) in [6.45, 7) is -0.543. The van der Waals surface area contributed by atoms with E-state index in [-0.39, 0.29) is 21.5 Å². The lowest BCUT2D eigenvalue weighted by atomic mass is 10.2. The summed E-state index contributed by atoms with van der Waals surface area (Å²) in [6, 6.07) is 5.65. The molecule has 0 unspecified atom stereocenters. The highest BCUT2D eigenvalue weighted by Crippen LogP contribution is 2.30. The Hall–Kier alpha value is -1.86. The first-order valence-electron chi connectivity index (χ1n) is 5.06. The first kappa shape index (κ1) is 13.6. The van der Waals surface area contributed by atoms with Crippen molar-refractivity contribution in [1.29, 1.82) is 0 Å². The number of benzene rings is 1. The van der Waals surface area contributed by atoms with Crippen LogP contribution in [0.2, 0.25) is 0 Å². The van der Waals surface area contributed by atoms with E-state index in [4.69, 9.17) is 20.5 Å². The third-order valence-electron chi connectivity index (χ3n) is 2.31. The topological polar surface area (TPSA) is 93.6 Å². The van der Waals surface area contributed by atoms with Gasteiger partial charge in [0.1, 0.15) is 11.3 Å². The van der Waals surface area contributed by atoms with Gasteiger partial charge in [0, 0.05) is 22.3 Å². The lowest BCUT2D eigenvalue weighted by Gasteiger charge is -2.08. The van der Waals surface area contributed by atoms with Crippen molar-refractivity contribution in [2.24, 2.45) is 0 Å².